The molecule has 0 saturated heterocycles. The van der Waals surface area contributed by atoms with Crippen LogP contribution in [-0.4, -0.2) is 14.8 Å². The molecule has 3 aromatic rings. The summed E-state index contributed by atoms with van der Waals surface area (Å²) in [5, 5.41) is 8.93. The first-order valence-corrected chi connectivity index (χ1v) is 6.90. The summed E-state index contributed by atoms with van der Waals surface area (Å²) < 4.78 is 1.94. The Morgan fingerprint density at radius 2 is 2.10 bits per heavy atom. The predicted octanol–water partition coefficient (Wildman–Crippen LogP) is 3.62. The number of fused-ring (bicyclic) bond motifs is 1. The van der Waals surface area contributed by atoms with E-state index in [0.29, 0.717) is 0 Å². The van der Waals surface area contributed by atoms with Gasteiger partial charge in [-0.3, -0.25) is 9.67 Å². The molecule has 0 spiro atoms. The fourth-order valence-corrected chi connectivity index (χ4v) is 2.26. The van der Waals surface area contributed by atoms with Crippen molar-refractivity contribution < 1.29 is 0 Å². The predicted molar refractivity (Wildman–Crippen MR) is 81.7 cm³/mol. The van der Waals surface area contributed by atoms with Crippen molar-refractivity contribution in [3.05, 3.63) is 54.5 Å². The van der Waals surface area contributed by atoms with Crippen molar-refractivity contribution in [3.63, 3.8) is 0 Å². The molecule has 1 aromatic carbocycles. The van der Waals surface area contributed by atoms with E-state index in [-0.39, 0.29) is 6.04 Å². The second-order valence-electron chi connectivity index (χ2n) is 4.91. The summed E-state index contributed by atoms with van der Waals surface area (Å²) >= 11 is 0. The van der Waals surface area contributed by atoms with Gasteiger partial charge in [0.05, 0.1) is 29.6 Å². The number of anilines is 1. The molecule has 102 valence electrons. The van der Waals surface area contributed by atoms with E-state index >= 15 is 0 Å². The van der Waals surface area contributed by atoms with E-state index in [1.165, 1.54) is 5.56 Å². The van der Waals surface area contributed by atoms with E-state index < -0.39 is 0 Å². The summed E-state index contributed by atoms with van der Waals surface area (Å²) in [7, 11) is 0. The van der Waals surface area contributed by atoms with Crippen molar-refractivity contribution in [3.8, 4) is 0 Å². The quantitative estimate of drug-likeness (QED) is 0.784. The molecule has 3 rings (SSSR count). The highest BCUT2D eigenvalue weighted by Crippen LogP contribution is 2.21. The van der Waals surface area contributed by atoms with Gasteiger partial charge in [-0.05, 0) is 26.0 Å². The number of pyridine rings is 1. The van der Waals surface area contributed by atoms with E-state index in [9.17, 15) is 0 Å². The molecule has 0 saturated carbocycles. The Morgan fingerprint density at radius 3 is 2.90 bits per heavy atom. The maximum Gasteiger partial charge on any atom is 0.0703 e. The first-order valence-electron chi connectivity index (χ1n) is 6.90. The van der Waals surface area contributed by atoms with Gasteiger partial charge in [0.1, 0.15) is 0 Å². The molecule has 1 unspecified atom stereocenters. The Kier molecular flexibility index (Phi) is 3.37. The summed E-state index contributed by atoms with van der Waals surface area (Å²) in [5.74, 6) is 0. The normalized spacial score (nSPS) is 12.5. The number of hydrogen-bond acceptors (Lipinski definition) is 3. The van der Waals surface area contributed by atoms with Crippen molar-refractivity contribution in [2.75, 3.05) is 5.32 Å². The molecular formula is C16H18N4. The Balaban J connectivity index is 1.81. The topological polar surface area (TPSA) is 42.7 Å². The van der Waals surface area contributed by atoms with Crippen LogP contribution in [0.25, 0.3) is 10.9 Å². The van der Waals surface area contributed by atoms with Crippen LogP contribution >= 0.6 is 0 Å². The van der Waals surface area contributed by atoms with Gasteiger partial charge in [-0.25, -0.2) is 0 Å². The molecular weight excluding hydrogens is 248 g/mol. The molecule has 20 heavy (non-hydrogen) atoms. The molecule has 0 aliphatic carbocycles. The van der Waals surface area contributed by atoms with Gasteiger partial charge in [-0.15, -0.1) is 0 Å². The number of para-hydroxylation sites is 1. The highest BCUT2D eigenvalue weighted by Gasteiger charge is 2.08. The zero-order chi connectivity index (χ0) is 13.9. The lowest BCUT2D eigenvalue weighted by Gasteiger charge is -2.13. The summed E-state index contributed by atoms with van der Waals surface area (Å²) in [6, 6.07) is 10.5. The molecule has 0 bridgehead atoms. The van der Waals surface area contributed by atoms with Gasteiger partial charge >= 0.3 is 0 Å². The van der Waals surface area contributed by atoms with Gasteiger partial charge in [0.2, 0.25) is 0 Å². The third-order valence-corrected chi connectivity index (χ3v) is 3.45. The van der Waals surface area contributed by atoms with Crippen molar-refractivity contribution >= 4 is 16.6 Å². The standard InChI is InChI=1S/C16H18N4/c1-3-20-11-14(9-18-20)12(2)19-15-8-13-6-4-5-7-16(13)17-10-15/h4-12,19H,3H2,1-2H3. The zero-order valence-corrected chi connectivity index (χ0v) is 11.7. The Hall–Kier alpha value is -2.36. The van der Waals surface area contributed by atoms with Gasteiger partial charge in [-0.2, -0.15) is 5.10 Å². The molecule has 0 aliphatic heterocycles. The highest BCUT2D eigenvalue weighted by atomic mass is 15.3. The monoisotopic (exact) mass is 266 g/mol. The van der Waals surface area contributed by atoms with Crippen LogP contribution in [0.2, 0.25) is 0 Å². The minimum absolute atomic E-state index is 0.207. The van der Waals surface area contributed by atoms with Gasteiger partial charge < -0.3 is 5.32 Å². The average molecular weight is 266 g/mol. The minimum Gasteiger partial charge on any atom is -0.377 e. The first-order chi connectivity index (χ1) is 9.76. The number of hydrogen-bond donors (Lipinski definition) is 1. The van der Waals surface area contributed by atoms with Crippen LogP contribution in [0.3, 0.4) is 0 Å². The van der Waals surface area contributed by atoms with Crippen molar-refractivity contribution in [1.29, 1.82) is 0 Å². The smallest absolute Gasteiger partial charge is 0.0703 e. The lowest BCUT2D eigenvalue weighted by atomic mass is 10.1. The number of aryl methyl sites for hydroxylation is 1. The number of aromatic nitrogens is 3. The second-order valence-corrected chi connectivity index (χ2v) is 4.91. The lowest BCUT2D eigenvalue weighted by molar-refractivity contribution is 0.658. The molecule has 0 amide bonds. The van der Waals surface area contributed by atoms with E-state index in [1.807, 2.05) is 35.3 Å². The van der Waals surface area contributed by atoms with Gasteiger partial charge in [-0.1, -0.05) is 18.2 Å². The molecule has 1 atom stereocenters. The summed E-state index contributed by atoms with van der Waals surface area (Å²) in [5.41, 5.74) is 3.23. The number of rotatable bonds is 4. The fraction of sp³-hybridized carbons (Fsp3) is 0.250. The van der Waals surface area contributed by atoms with Crippen LogP contribution in [0.4, 0.5) is 5.69 Å². The highest BCUT2D eigenvalue weighted by molar-refractivity contribution is 5.81. The van der Waals surface area contributed by atoms with Crippen LogP contribution in [-0.2, 0) is 6.54 Å². The third-order valence-electron chi connectivity index (χ3n) is 3.45. The number of nitrogens with one attached hydrogen (secondary N) is 1. The van der Waals surface area contributed by atoms with Gasteiger partial charge in [0, 0.05) is 23.7 Å². The number of benzene rings is 1. The van der Waals surface area contributed by atoms with Crippen LogP contribution in [0.15, 0.2) is 48.9 Å². The van der Waals surface area contributed by atoms with Gasteiger partial charge in [0.25, 0.3) is 0 Å². The molecule has 0 radical (unpaired) electrons. The zero-order valence-electron chi connectivity index (χ0n) is 11.7. The largest absolute Gasteiger partial charge is 0.377 e. The first kappa shape index (κ1) is 12.7. The summed E-state index contributed by atoms with van der Waals surface area (Å²) in [4.78, 5) is 4.47. The van der Waals surface area contributed by atoms with Crippen LogP contribution in [0.5, 0.6) is 0 Å². The Labute approximate surface area is 118 Å². The SMILES string of the molecule is CCn1cc(C(C)Nc2cnc3ccccc3c2)cn1. The fourth-order valence-electron chi connectivity index (χ4n) is 2.26. The van der Waals surface area contributed by atoms with Gasteiger partial charge in [0.15, 0.2) is 0 Å². The summed E-state index contributed by atoms with van der Waals surface area (Å²) in [6.45, 7) is 5.11. The maximum absolute atomic E-state index is 4.47. The third kappa shape index (κ3) is 2.50. The molecule has 4 heteroatoms. The Bertz CT molecular complexity index is 717. The molecule has 2 heterocycles. The summed E-state index contributed by atoms with van der Waals surface area (Å²) in [6.07, 6.45) is 5.87. The van der Waals surface area contributed by atoms with Crippen molar-refractivity contribution in [2.24, 2.45) is 0 Å². The molecule has 1 N–H and O–H groups in total. The average Bonchev–Trinajstić information content (AvgIpc) is 2.96. The van der Waals surface area contributed by atoms with Crippen LogP contribution in [0, 0.1) is 0 Å². The molecule has 2 aromatic heterocycles. The number of nitrogens with zero attached hydrogens (tertiary/aromatic N) is 3. The molecule has 0 fully saturated rings. The van der Waals surface area contributed by atoms with Crippen LogP contribution in [0.1, 0.15) is 25.5 Å². The van der Waals surface area contributed by atoms with Crippen molar-refractivity contribution in [2.45, 2.75) is 26.4 Å². The molecule has 4 nitrogen and oxygen atoms in total. The second kappa shape index (κ2) is 5.33. The van der Waals surface area contributed by atoms with E-state index in [0.717, 1.165) is 23.1 Å². The lowest BCUT2D eigenvalue weighted by Crippen LogP contribution is -2.06. The molecule has 0 aliphatic rings. The van der Waals surface area contributed by atoms with E-state index in [2.05, 4.69) is 47.6 Å². The Morgan fingerprint density at radius 1 is 1.25 bits per heavy atom. The minimum atomic E-state index is 0.207. The van der Waals surface area contributed by atoms with Crippen molar-refractivity contribution in [1.82, 2.24) is 14.8 Å². The van der Waals surface area contributed by atoms with Crippen LogP contribution < -0.4 is 5.32 Å². The maximum atomic E-state index is 4.47. The van der Waals surface area contributed by atoms with E-state index in [4.69, 9.17) is 0 Å². The van der Waals surface area contributed by atoms with E-state index in [1.54, 1.807) is 0 Å².